The maximum Gasteiger partial charge on any atom is 0.338 e. The van der Waals surface area contributed by atoms with Crippen LogP contribution in [0.4, 0.5) is 0 Å². The zero-order valence-corrected chi connectivity index (χ0v) is 19.8. The fourth-order valence-electron chi connectivity index (χ4n) is 7.24. The van der Waals surface area contributed by atoms with Gasteiger partial charge in [0.1, 0.15) is 6.10 Å². The summed E-state index contributed by atoms with van der Waals surface area (Å²) in [5.74, 6) is 1.06. The second-order valence-electron chi connectivity index (χ2n) is 11.4. The Morgan fingerprint density at radius 3 is 2.69 bits per heavy atom. The molecule has 1 saturated heterocycles. The van der Waals surface area contributed by atoms with Crippen molar-refractivity contribution < 1.29 is 24.9 Å². The van der Waals surface area contributed by atoms with Gasteiger partial charge in [-0.05, 0) is 86.2 Å². The minimum Gasteiger partial charge on any atom is -0.460 e. The molecule has 178 valence electrons. The number of allylic oxidation sites excluding steroid dienone is 3. The van der Waals surface area contributed by atoms with E-state index in [4.69, 9.17) is 4.74 Å². The van der Waals surface area contributed by atoms with Gasteiger partial charge in [-0.25, -0.2) is 4.79 Å². The lowest BCUT2D eigenvalue weighted by atomic mass is 9.60. The molecule has 0 aromatic rings. The van der Waals surface area contributed by atoms with Gasteiger partial charge in [-0.15, -0.1) is 0 Å². The van der Waals surface area contributed by atoms with Crippen molar-refractivity contribution in [3.05, 3.63) is 35.5 Å². The highest BCUT2D eigenvalue weighted by molar-refractivity contribution is 5.80. The molecule has 8 atom stereocenters. The lowest BCUT2D eigenvalue weighted by Gasteiger charge is -2.44. The summed E-state index contributed by atoms with van der Waals surface area (Å²) in [5, 5.41) is 30.4. The van der Waals surface area contributed by atoms with Crippen molar-refractivity contribution in [2.24, 2.45) is 23.2 Å². The zero-order chi connectivity index (χ0) is 23.3. The fraction of sp³-hybridized carbons (Fsp3) is 0.741. The number of carbonyl (C=O) groups excluding carboxylic acids is 1. The number of carbonyl (C=O) groups is 1. The van der Waals surface area contributed by atoms with Gasteiger partial charge in [0.2, 0.25) is 0 Å². The Morgan fingerprint density at radius 1 is 1.25 bits per heavy atom. The van der Waals surface area contributed by atoms with Crippen molar-refractivity contribution in [2.75, 3.05) is 0 Å². The minimum atomic E-state index is -1.34. The van der Waals surface area contributed by atoms with Crippen LogP contribution in [0.1, 0.15) is 78.6 Å². The molecule has 0 amide bonds. The summed E-state index contributed by atoms with van der Waals surface area (Å²) >= 11 is 0. The van der Waals surface area contributed by atoms with Crippen LogP contribution in [0.2, 0.25) is 0 Å². The Labute approximate surface area is 192 Å². The third-order valence-electron chi connectivity index (χ3n) is 8.96. The van der Waals surface area contributed by atoms with Crippen molar-refractivity contribution in [1.82, 2.24) is 0 Å². The van der Waals surface area contributed by atoms with Crippen LogP contribution in [0.3, 0.4) is 0 Å². The van der Waals surface area contributed by atoms with Crippen molar-refractivity contribution in [1.29, 1.82) is 0 Å². The number of aliphatic hydroxyl groups is 3. The Bertz CT molecular complexity index is 824. The number of ether oxygens (including phenoxy) is 1. The molecular formula is C27H40O5. The van der Waals surface area contributed by atoms with Crippen LogP contribution in [-0.4, -0.2) is 45.2 Å². The first kappa shape index (κ1) is 23.7. The second kappa shape index (κ2) is 8.73. The third-order valence-corrected chi connectivity index (χ3v) is 8.96. The number of hydrogen-bond donors (Lipinski definition) is 3. The summed E-state index contributed by atoms with van der Waals surface area (Å²) in [7, 11) is 0. The first-order valence-corrected chi connectivity index (χ1v) is 12.4. The topological polar surface area (TPSA) is 87.0 Å². The minimum absolute atomic E-state index is 0.186. The largest absolute Gasteiger partial charge is 0.460 e. The molecule has 0 aromatic carbocycles. The number of rotatable bonds is 4. The van der Waals surface area contributed by atoms with Crippen molar-refractivity contribution in [3.8, 4) is 0 Å². The maximum atomic E-state index is 11.9. The van der Waals surface area contributed by atoms with E-state index in [1.807, 2.05) is 0 Å². The Hall–Kier alpha value is -1.43. The van der Waals surface area contributed by atoms with E-state index in [0.29, 0.717) is 37.0 Å². The van der Waals surface area contributed by atoms with E-state index in [1.165, 1.54) is 31.3 Å². The number of hydrogen-bond acceptors (Lipinski definition) is 5. The smallest absolute Gasteiger partial charge is 0.338 e. The first-order chi connectivity index (χ1) is 15.0. The van der Waals surface area contributed by atoms with E-state index in [9.17, 15) is 20.1 Å². The summed E-state index contributed by atoms with van der Waals surface area (Å²) in [6.07, 6.45) is 11.0. The van der Waals surface area contributed by atoms with Crippen LogP contribution < -0.4 is 0 Å². The Kier molecular flexibility index (Phi) is 6.47. The third kappa shape index (κ3) is 4.36. The van der Waals surface area contributed by atoms with Gasteiger partial charge >= 0.3 is 5.97 Å². The molecule has 5 nitrogen and oxygen atoms in total. The van der Waals surface area contributed by atoms with Crippen LogP contribution in [-0.2, 0) is 9.53 Å². The monoisotopic (exact) mass is 444 g/mol. The average Bonchev–Trinajstić information content (AvgIpc) is 3.18. The van der Waals surface area contributed by atoms with Crippen LogP contribution in [0.15, 0.2) is 35.5 Å². The van der Waals surface area contributed by atoms with E-state index in [2.05, 4.69) is 32.6 Å². The summed E-state index contributed by atoms with van der Waals surface area (Å²) in [4.78, 5) is 11.9. The fourth-order valence-corrected chi connectivity index (χ4v) is 7.24. The summed E-state index contributed by atoms with van der Waals surface area (Å²) in [5.41, 5.74) is 2.08. The highest BCUT2D eigenvalue weighted by Gasteiger charge is 2.52. The van der Waals surface area contributed by atoms with Gasteiger partial charge in [-0.1, -0.05) is 38.2 Å². The second-order valence-corrected chi connectivity index (χ2v) is 11.4. The number of cyclic esters (lactones) is 1. The first-order valence-electron chi connectivity index (χ1n) is 12.4. The van der Waals surface area contributed by atoms with E-state index >= 15 is 0 Å². The van der Waals surface area contributed by atoms with Gasteiger partial charge < -0.3 is 20.1 Å². The Morgan fingerprint density at radius 2 is 2.00 bits per heavy atom. The molecule has 32 heavy (non-hydrogen) atoms. The molecule has 3 N–H and O–H groups in total. The van der Waals surface area contributed by atoms with E-state index in [1.54, 1.807) is 6.92 Å². The molecular weight excluding hydrogens is 404 g/mol. The standard InChI is InChI=1S/C27H40O5/c1-16(12-21-15-27(4,31)25(30)32-21)22-9-10-23-18(6-5-11-26(22,23)3)7-8-19-13-20(28)14-24(29)17(19)2/h7-8,16,20-24,28-29,31H,2,5-6,9-15H2,1,3-4H3. The molecule has 0 radical (unpaired) electrons. The number of aliphatic hydroxyl groups excluding tert-OH is 2. The van der Waals surface area contributed by atoms with Crippen LogP contribution in [0.5, 0.6) is 0 Å². The number of fused-ring (bicyclic) bond motifs is 1. The molecule has 0 spiro atoms. The molecule has 1 aliphatic heterocycles. The van der Waals surface area contributed by atoms with Crippen molar-refractivity contribution in [3.63, 3.8) is 0 Å². The molecule has 4 fully saturated rings. The lowest BCUT2D eigenvalue weighted by molar-refractivity contribution is -0.154. The molecule has 0 aromatic heterocycles. The van der Waals surface area contributed by atoms with Gasteiger partial charge in [0.05, 0.1) is 12.2 Å². The maximum absolute atomic E-state index is 11.9. The average molecular weight is 445 g/mol. The predicted octanol–water partition coefficient (Wildman–Crippen LogP) is 4.22. The van der Waals surface area contributed by atoms with E-state index < -0.39 is 23.8 Å². The number of esters is 1. The summed E-state index contributed by atoms with van der Waals surface area (Å²) < 4.78 is 5.47. The highest BCUT2D eigenvalue weighted by Crippen LogP contribution is 2.60. The molecule has 8 unspecified atom stereocenters. The SMILES string of the molecule is C=C1C(=CC=C2CCCC3(C)C2CCC3C(C)CC2CC(C)(O)C(=O)O2)CC(O)CC1O. The molecule has 1 heterocycles. The zero-order valence-electron chi connectivity index (χ0n) is 19.8. The van der Waals surface area contributed by atoms with Gasteiger partial charge in [-0.3, -0.25) is 0 Å². The van der Waals surface area contributed by atoms with Crippen molar-refractivity contribution in [2.45, 2.75) is 102 Å². The van der Waals surface area contributed by atoms with E-state index in [0.717, 1.165) is 24.0 Å². The van der Waals surface area contributed by atoms with Gasteiger partial charge in [0, 0.05) is 12.8 Å². The Balaban J connectivity index is 1.47. The highest BCUT2D eigenvalue weighted by atomic mass is 16.6. The van der Waals surface area contributed by atoms with E-state index in [-0.39, 0.29) is 11.5 Å². The molecule has 3 saturated carbocycles. The van der Waals surface area contributed by atoms with Gasteiger partial charge in [0.15, 0.2) is 5.60 Å². The predicted molar refractivity (Wildman–Crippen MR) is 124 cm³/mol. The molecule has 0 bridgehead atoms. The van der Waals surface area contributed by atoms with Crippen LogP contribution >= 0.6 is 0 Å². The van der Waals surface area contributed by atoms with Gasteiger partial charge in [0.25, 0.3) is 0 Å². The molecule has 3 aliphatic carbocycles. The van der Waals surface area contributed by atoms with Gasteiger partial charge in [-0.2, -0.15) is 0 Å². The summed E-state index contributed by atoms with van der Waals surface area (Å²) in [6, 6.07) is 0. The molecule has 4 aliphatic rings. The van der Waals surface area contributed by atoms with Crippen LogP contribution in [0, 0.1) is 23.2 Å². The summed E-state index contributed by atoms with van der Waals surface area (Å²) in [6.45, 7) is 10.3. The quantitative estimate of drug-likeness (QED) is 0.565. The molecule has 4 rings (SSSR count). The normalized spacial score (nSPS) is 45.9. The van der Waals surface area contributed by atoms with Crippen molar-refractivity contribution >= 4 is 5.97 Å². The lowest BCUT2D eigenvalue weighted by Crippen LogP contribution is -2.36. The molecule has 5 heteroatoms. The van der Waals surface area contributed by atoms with Crippen LogP contribution in [0.25, 0.3) is 0 Å².